The first kappa shape index (κ1) is 30.2. The number of hydrogen-bond donors (Lipinski definition) is 6. The molecule has 0 spiro atoms. The van der Waals surface area contributed by atoms with E-state index in [0.29, 0.717) is 11.3 Å². The summed E-state index contributed by atoms with van der Waals surface area (Å²) >= 11 is 6.03. The van der Waals surface area contributed by atoms with E-state index < -0.39 is 31.2 Å². The summed E-state index contributed by atoms with van der Waals surface area (Å²) in [7, 11) is -9.04. The number of aromatic nitrogens is 3. The van der Waals surface area contributed by atoms with Gasteiger partial charge in [-0.2, -0.15) is 31.8 Å². The molecule has 0 aliphatic heterocycles. The predicted octanol–water partition coefficient (Wildman–Crippen LogP) is 4.72. The molecule has 4 aromatic rings. The summed E-state index contributed by atoms with van der Waals surface area (Å²) in [5.74, 6) is -0.126. The minimum absolute atomic E-state index is 0.0553. The third-order valence-electron chi connectivity index (χ3n) is 5.17. The Kier molecular flexibility index (Phi) is 8.64. The van der Waals surface area contributed by atoms with Gasteiger partial charge in [0.05, 0.1) is 10.6 Å². The zero-order chi connectivity index (χ0) is 30.7. The van der Waals surface area contributed by atoms with Crippen LogP contribution < -0.4 is 21.7 Å². The number of rotatable bonds is 9. The molecular weight excluding hydrogens is 614 g/mol. The number of amides is 2. The van der Waals surface area contributed by atoms with E-state index in [1.807, 2.05) is 0 Å². The lowest BCUT2D eigenvalue weighted by Crippen LogP contribution is -2.19. The van der Waals surface area contributed by atoms with Crippen LogP contribution in [0.3, 0.4) is 0 Å². The smallest absolute Gasteiger partial charge is 0.316 e. The number of halogens is 1. The van der Waals surface area contributed by atoms with Gasteiger partial charge < -0.3 is 21.7 Å². The summed E-state index contributed by atoms with van der Waals surface area (Å²) in [5.41, 5.74) is 6.40. The minimum atomic E-state index is -4.59. The average molecular weight is 634 g/mol. The van der Waals surface area contributed by atoms with Gasteiger partial charge in [0.1, 0.15) is 16.3 Å². The third kappa shape index (κ3) is 7.92. The predicted molar refractivity (Wildman–Crippen MR) is 152 cm³/mol. The number of carbonyl (C=O) groups is 1. The summed E-state index contributed by atoms with van der Waals surface area (Å²) in [6.07, 6.45) is 0. The summed E-state index contributed by atoms with van der Waals surface area (Å²) < 4.78 is 65.2. The lowest BCUT2D eigenvalue weighted by molar-refractivity contribution is 0.259. The van der Waals surface area contributed by atoms with E-state index in [2.05, 4.69) is 41.1 Å². The van der Waals surface area contributed by atoms with Crippen LogP contribution in [0.4, 0.5) is 45.1 Å². The quantitative estimate of drug-likeness (QED) is 0.108. The summed E-state index contributed by atoms with van der Waals surface area (Å²) in [6, 6.07) is 12.8. The van der Waals surface area contributed by atoms with Gasteiger partial charge in [-0.1, -0.05) is 12.1 Å². The van der Waals surface area contributed by atoms with Gasteiger partial charge >= 0.3 is 6.03 Å². The van der Waals surface area contributed by atoms with E-state index in [1.54, 1.807) is 13.0 Å². The van der Waals surface area contributed by atoms with E-state index in [4.69, 9.17) is 17.3 Å². The maximum Gasteiger partial charge on any atom is 0.316 e. The Hall–Kier alpha value is -4.75. The molecule has 0 saturated heterocycles. The molecule has 0 unspecified atom stereocenters. The van der Waals surface area contributed by atoms with Crippen LogP contribution in [-0.2, 0) is 20.2 Å². The van der Waals surface area contributed by atoms with Crippen LogP contribution >= 0.6 is 11.6 Å². The Morgan fingerprint density at radius 1 is 0.833 bits per heavy atom. The molecule has 0 atom stereocenters. The van der Waals surface area contributed by atoms with Crippen molar-refractivity contribution in [2.45, 2.75) is 16.7 Å². The van der Waals surface area contributed by atoms with Crippen LogP contribution in [0.1, 0.15) is 5.56 Å². The molecule has 3 aromatic carbocycles. The Morgan fingerprint density at radius 2 is 1.45 bits per heavy atom. The molecule has 218 valence electrons. The van der Waals surface area contributed by atoms with Crippen molar-refractivity contribution >= 4 is 78.2 Å². The van der Waals surface area contributed by atoms with E-state index in [-0.39, 0.29) is 44.8 Å². The van der Waals surface area contributed by atoms with E-state index in [0.717, 1.165) is 6.07 Å². The van der Waals surface area contributed by atoms with Crippen molar-refractivity contribution in [3.05, 3.63) is 71.5 Å². The van der Waals surface area contributed by atoms with Crippen LogP contribution in [0.5, 0.6) is 0 Å². The van der Waals surface area contributed by atoms with Gasteiger partial charge in [-0.25, -0.2) is 4.79 Å². The van der Waals surface area contributed by atoms with Crippen molar-refractivity contribution in [1.82, 2.24) is 15.0 Å². The Morgan fingerprint density at radius 3 is 2.07 bits per heavy atom. The second-order valence-corrected chi connectivity index (χ2v) is 11.5. The average Bonchev–Trinajstić information content (AvgIpc) is 2.87. The highest BCUT2D eigenvalue weighted by atomic mass is 35.5. The van der Waals surface area contributed by atoms with Crippen molar-refractivity contribution in [2.24, 2.45) is 16.0 Å². The fourth-order valence-electron chi connectivity index (χ4n) is 3.41. The van der Waals surface area contributed by atoms with Gasteiger partial charge in [-0.3, -0.25) is 9.11 Å². The highest BCUT2D eigenvalue weighted by molar-refractivity contribution is 7.86. The zero-order valence-electron chi connectivity index (χ0n) is 21.2. The van der Waals surface area contributed by atoms with Gasteiger partial charge in [-0.05, 0) is 72.6 Å². The molecule has 0 radical (unpaired) electrons. The molecule has 0 saturated carbocycles. The summed E-state index contributed by atoms with van der Waals surface area (Å²) in [5, 5.41) is 15.7. The lowest BCUT2D eigenvalue weighted by atomic mass is 10.2. The van der Waals surface area contributed by atoms with Gasteiger partial charge in [0.25, 0.3) is 20.2 Å². The molecule has 19 heteroatoms. The van der Waals surface area contributed by atoms with Gasteiger partial charge in [0, 0.05) is 11.4 Å². The Bertz CT molecular complexity index is 1940. The number of urea groups is 1. The number of nitrogens with two attached hydrogens (primary N) is 1. The van der Waals surface area contributed by atoms with Crippen LogP contribution in [0, 0.1) is 6.92 Å². The summed E-state index contributed by atoms with van der Waals surface area (Å²) in [4.78, 5) is 22.9. The molecule has 42 heavy (non-hydrogen) atoms. The highest BCUT2D eigenvalue weighted by Crippen LogP contribution is 2.33. The largest absolute Gasteiger partial charge is 0.351 e. The number of aryl methyl sites for hydroxylation is 1. The van der Waals surface area contributed by atoms with Crippen molar-refractivity contribution in [2.75, 3.05) is 16.0 Å². The minimum Gasteiger partial charge on any atom is -0.351 e. The van der Waals surface area contributed by atoms with Gasteiger partial charge in [0.2, 0.25) is 17.2 Å². The first-order valence-electron chi connectivity index (χ1n) is 11.4. The first-order chi connectivity index (χ1) is 19.7. The molecule has 0 aliphatic rings. The number of carbonyl (C=O) groups excluding carboxylic acids is 1. The number of azo groups is 1. The summed E-state index contributed by atoms with van der Waals surface area (Å²) in [6.45, 7) is 1.64. The van der Waals surface area contributed by atoms with E-state index >= 15 is 0 Å². The SMILES string of the molecule is Cc1ccc(N=Nc2ccc(Nc3nc(Cl)nc(Nc4cccc(S(=O)(=O)O)c4)n3)cc2NC(N)=O)c(S(=O)(=O)O)c1. The number of benzene rings is 3. The number of nitrogens with one attached hydrogen (secondary N) is 3. The number of nitrogens with zero attached hydrogens (tertiary/aromatic N) is 5. The van der Waals surface area contributed by atoms with Gasteiger partial charge in [-0.15, -0.1) is 10.2 Å². The monoisotopic (exact) mass is 633 g/mol. The molecule has 1 heterocycles. The second-order valence-electron chi connectivity index (χ2n) is 8.37. The van der Waals surface area contributed by atoms with Crippen LogP contribution in [0.15, 0.2) is 80.7 Å². The normalized spacial score (nSPS) is 11.8. The van der Waals surface area contributed by atoms with Crippen molar-refractivity contribution < 1.29 is 30.7 Å². The Labute approximate surface area is 243 Å². The second kappa shape index (κ2) is 12.0. The molecule has 0 bridgehead atoms. The van der Waals surface area contributed by atoms with Crippen LogP contribution in [-0.4, -0.2) is 46.9 Å². The molecule has 7 N–H and O–H groups in total. The van der Waals surface area contributed by atoms with E-state index in [9.17, 15) is 30.7 Å². The van der Waals surface area contributed by atoms with E-state index in [1.165, 1.54) is 48.5 Å². The molecular formula is C23H20ClN9O7S2. The number of anilines is 5. The standard InChI is InChI=1S/C23H20ClN9O7S2/c1-12-5-7-17(19(9-12)42(38,39)40)33-32-16-8-6-14(11-18(16)28-21(25)34)27-23-30-20(24)29-22(31-23)26-13-3-2-4-15(10-13)41(35,36)37/h2-11H,1H3,(H3,25,28,34)(H,35,36,37)(H,38,39,40)(H2,26,27,29,30,31). The molecule has 0 fully saturated rings. The number of hydrogen-bond acceptors (Lipinski definition) is 12. The molecule has 2 amide bonds. The molecule has 0 aliphatic carbocycles. The highest BCUT2D eigenvalue weighted by Gasteiger charge is 2.16. The maximum absolute atomic E-state index is 11.8. The first-order valence-corrected chi connectivity index (χ1v) is 14.7. The van der Waals surface area contributed by atoms with Crippen LogP contribution in [0.25, 0.3) is 0 Å². The molecule has 16 nitrogen and oxygen atoms in total. The van der Waals surface area contributed by atoms with Crippen molar-refractivity contribution in [3.8, 4) is 0 Å². The van der Waals surface area contributed by atoms with Crippen LogP contribution in [0.2, 0.25) is 5.28 Å². The fraction of sp³-hybridized carbons (Fsp3) is 0.0435. The lowest BCUT2D eigenvalue weighted by Gasteiger charge is -2.11. The fourth-order valence-corrected chi connectivity index (χ4v) is 4.80. The number of primary amides is 1. The van der Waals surface area contributed by atoms with Crippen molar-refractivity contribution in [1.29, 1.82) is 0 Å². The maximum atomic E-state index is 11.8. The molecule has 4 rings (SSSR count). The zero-order valence-corrected chi connectivity index (χ0v) is 23.6. The molecule has 1 aromatic heterocycles. The van der Waals surface area contributed by atoms with Gasteiger partial charge in [0.15, 0.2) is 0 Å². The Balaban J connectivity index is 1.62. The topological polar surface area (TPSA) is 251 Å². The van der Waals surface area contributed by atoms with Crippen molar-refractivity contribution in [3.63, 3.8) is 0 Å². The third-order valence-corrected chi connectivity index (χ3v) is 7.07.